The maximum atomic E-state index is 9.87. The van der Waals surface area contributed by atoms with Crippen LogP contribution in [0.15, 0.2) is 11.8 Å². The summed E-state index contributed by atoms with van der Waals surface area (Å²) in [6, 6.07) is 0. The number of esters is 1. The van der Waals surface area contributed by atoms with E-state index in [1.807, 2.05) is 0 Å². The van der Waals surface area contributed by atoms with Gasteiger partial charge in [-0.1, -0.05) is 11.6 Å². The molecule has 0 saturated carbocycles. The summed E-state index contributed by atoms with van der Waals surface area (Å²) < 4.78 is 4.24. The lowest BCUT2D eigenvalue weighted by Gasteiger charge is -1.84. The van der Waals surface area contributed by atoms with Gasteiger partial charge in [0, 0.05) is 12.5 Å². The quantitative estimate of drug-likeness (QED) is 0.385. The summed E-state index contributed by atoms with van der Waals surface area (Å²) in [6.07, 6.45) is 1.11. The molecule has 0 heterocycles. The molecule has 0 aromatic carbocycles. The highest BCUT2D eigenvalue weighted by Crippen LogP contribution is 1.80. The van der Waals surface area contributed by atoms with E-state index in [1.165, 1.54) is 6.92 Å². The largest absolute Gasteiger partial charge is 0.434 e. The Balaban J connectivity index is 3.14. The number of ether oxygens (including phenoxy) is 1. The van der Waals surface area contributed by atoms with Crippen LogP contribution in [-0.2, 0) is 9.53 Å². The van der Waals surface area contributed by atoms with E-state index in [2.05, 4.69) is 4.74 Å². The molecule has 0 amide bonds. The van der Waals surface area contributed by atoms with Crippen molar-refractivity contribution in [3.05, 3.63) is 11.8 Å². The number of carbonyl (C=O) groups excluding carboxylic acids is 1. The predicted molar refractivity (Wildman–Crippen MR) is 26.8 cm³/mol. The van der Waals surface area contributed by atoms with E-state index in [0.717, 1.165) is 11.8 Å². The van der Waals surface area contributed by atoms with Gasteiger partial charge in [0.1, 0.15) is 6.26 Å². The second-order valence-corrected chi connectivity index (χ2v) is 1.12. The summed E-state index contributed by atoms with van der Waals surface area (Å²) in [5, 5.41) is 0. The lowest BCUT2D eigenvalue weighted by Crippen LogP contribution is -1.88. The fraction of sp³-hybridized carbons (Fsp3) is 0.250. The number of halogens is 1. The second kappa shape index (κ2) is 3.68. The van der Waals surface area contributed by atoms with Crippen molar-refractivity contribution in [2.45, 2.75) is 6.92 Å². The van der Waals surface area contributed by atoms with E-state index in [0.29, 0.717) is 0 Å². The minimum Gasteiger partial charge on any atom is -0.434 e. The van der Waals surface area contributed by atoms with Crippen LogP contribution in [-0.4, -0.2) is 5.97 Å². The van der Waals surface area contributed by atoms with Gasteiger partial charge in [-0.3, -0.25) is 4.79 Å². The highest BCUT2D eigenvalue weighted by Gasteiger charge is 1.80. The minimum atomic E-state index is -0.364. The van der Waals surface area contributed by atoms with Crippen molar-refractivity contribution in [1.29, 1.82) is 0 Å². The lowest BCUT2D eigenvalue weighted by atomic mass is 10.8. The topological polar surface area (TPSA) is 26.3 Å². The first kappa shape index (κ1) is 6.50. The summed E-state index contributed by atoms with van der Waals surface area (Å²) in [5.41, 5.74) is 1.13. The SMILES string of the molecule is CC(=O)O/C=C/Cl. The van der Waals surface area contributed by atoms with Crippen LogP contribution in [0.25, 0.3) is 0 Å². The summed E-state index contributed by atoms with van der Waals surface area (Å²) >= 11 is 4.99. The summed E-state index contributed by atoms with van der Waals surface area (Å²) in [7, 11) is 0. The number of hydrogen-bond acceptors (Lipinski definition) is 2. The van der Waals surface area contributed by atoms with Gasteiger partial charge in [0.2, 0.25) is 0 Å². The number of carbonyl (C=O) groups is 1. The Hall–Kier alpha value is -0.500. The van der Waals surface area contributed by atoms with Crippen LogP contribution in [0.3, 0.4) is 0 Å². The fourth-order valence-electron chi connectivity index (χ4n) is 0.122. The van der Waals surface area contributed by atoms with Crippen molar-refractivity contribution >= 4 is 17.6 Å². The van der Waals surface area contributed by atoms with E-state index < -0.39 is 0 Å². The van der Waals surface area contributed by atoms with Crippen LogP contribution in [0.4, 0.5) is 0 Å². The first-order chi connectivity index (χ1) is 3.27. The molecule has 0 N–H and O–H groups in total. The lowest BCUT2D eigenvalue weighted by molar-refractivity contribution is -0.135. The van der Waals surface area contributed by atoms with Crippen molar-refractivity contribution in [2.75, 3.05) is 0 Å². The van der Waals surface area contributed by atoms with Crippen molar-refractivity contribution in [2.24, 2.45) is 0 Å². The fourth-order valence-corrected chi connectivity index (χ4v) is 0.173. The normalized spacial score (nSPS) is 9.43. The number of rotatable bonds is 1. The third kappa shape index (κ3) is 5.50. The average molecular weight is 121 g/mol. The summed E-state index contributed by atoms with van der Waals surface area (Å²) in [5.74, 6) is -0.364. The summed E-state index contributed by atoms with van der Waals surface area (Å²) in [6.45, 7) is 1.30. The molecule has 0 fully saturated rings. The smallest absolute Gasteiger partial charge is 0.307 e. The highest BCUT2D eigenvalue weighted by molar-refractivity contribution is 6.25. The van der Waals surface area contributed by atoms with Crippen LogP contribution in [0.2, 0.25) is 0 Å². The van der Waals surface area contributed by atoms with E-state index in [-0.39, 0.29) is 5.97 Å². The monoisotopic (exact) mass is 120 g/mol. The van der Waals surface area contributed by atoms with Crippen molar-refractivity contribution < 1.29 is 9.53 Å². The van der Waals surface area contributed by atoms with Gasteiger partial charge in [0.25, 0.3) is 0 Å². The molecule has 0 spiro atoms. The molecule has 0 rings (SSSR count). The molecule has 7 heavy (non-hydrogen) atoms. The van der Waals surface area contributed by atoms with Gasteiger partial charge in [-0.15, -0.1) is 0 Å². The molecule has 0 saturated heterocycles. The zero-order valence-electron chi connectivity index (χ0n) is 3.85. The Morgan fingerprint density at radius 3 is 2.57 bits per heavy atom. The van der Waals surface area contributed by atoms with Crippen molar-refractivity contribution in [3.63, 3.8) is 0 Å². The predicted octanol–water partition coefficient (Wildman–Crippen LogP) is 1.26. The third-order valence-corrected chi connectivity index (χ3v) is 0.388. The molecule has 0 aromatic heterocycles. The Morgan fingerprint density at radius 2 is 2.43 bits per heavy atom. The average Bonchev–Trinajstić information content (AvgIpc) is 1.61. The van der Waals surface area contributed by atoms with Crippen LogP contribution < -0.4 is 0 Å². The molecule has 0 aliphatic rings. The van der Waals surface area contributed by atoms with E-state index in [1.54, 1.807) is 0 Å². The molecular weight excluding hydrogens is 115 g/mol. The van der Waals surface area contributed by atoms with E-state index in [4.69, 9.17) is 11.6 Å². The van der Waals surface area contributed by atoms with Gasteiger partial charge in [-0.25, -0.2) is 0 Å². The van der Waals surface area contributed by atoms with Crippen molar-refractivity contribution in [1.82, 2.24) is 0 Å². The van der Waals surface area contributed by atoms with Crippen LogP contribution in [0.5, 0.6) is 0 Å². The Labute approximate surface area is 46.7 Å². The number of hydrogen-bond donors (Lipinski definition) is 0. The highest BCUT2D eigenvalue weighted by atomic mass is 35.5. The second-order valence-electron chi connectivity index (χ2n) is 0.872. The molecule has 0 unspecified atom stereocenters. The Kier molecular flexibility index (Phi) is 3.42. The van der Waals surface area contributed by atoms with Gasteiger partial charge in [0.05, 0.1) is 0 Å². The van der Waals surface area contributed by atoms with Crippen molar-refractivity contribution in [3.8, 4) is 0 Å². The van der Waals surface area contributed by atoms with Crippen LogP contribution >= 0.6 is 11.6 Å². The molecule has 40 valence electrons. The zero-order chi connectivity index (χ0) is 5.70. The minimum absolute atomic E-state index is 0.364. The van der Waals surface area contributed by atoms with Gasteiger partial charge in [0.15, 0.2) is 0 Å². The summed E-state index contributed by atoms with van der Waals surface area (Å²) in [4.78, 5) is 9.87. The molecule has 0 bridgehead atoms. The zero-order valence-corrected chi connectivity index (χ0v) is 4.61. The molecule has 3 heteroatoms. The maximum Gasteiger partial charge on any atom is 0.307 e. The molecule has 0 radical (unpaired) electrons. The Bertz CT molecular complexity index is 87.7. The molecular formula is C4H5ClO2. The van der Waals surface area contributed by atoms with Gasteiger partial charge >= 0.3 is 5.97 Å². The maximum absolute atomic E-state index is 9.87. The Morgan fingerprint density at radius 1 is 1.86 bits per heavy atom. The third-order valence-electron chi connectivity index (χ3n) is 0.285. The molecule has 0 aliphatic carbocycles. The first-order valence-corrected chi connectivity index (χ1v) is 2.13. The van der Waals surface area contributed by atoms with Crippen LogP contribution in [0.1, 0.15) is 6.92 Å². The molecule has 2 nitrogen and oxygen atoms in total. The molecule has 0 atom stereocenters. The van der Waals surface area contributed by atoms with Gasteiger partial charge in [-0.05, 0) is 0 Å². The van der Waals surface area contributed by atoms with Crippen LogP contribution in [0, 0.1) is 0 Å². The van der Waals surface area contributed by atoms with Gasteiger partial charge in [-0.2, -0.15) is 0 Å². The van der Waals surface area contributed by atoms with Gasteiger partial charge < -0.3 is 4.74 Å². The van der Waals surface area contributed by atoms with E-state index in [9.17, 15) is 4.79 Å². The standard InChI is InChI=1S/C4H5ClO2/c1-4(6)7-3-2-5/h2-3H,1H3/b3-2+. The first-order valence-electron chi connectivity index (χ1n) is 1.70. The van der Waals surface area contributed by atoms with E-state index >= 15 is 0 Å². The molecule has 0 aliphatic heterocycles. The molecule has 0 aromatic rings.